The van der Waals surface area contributed by atoms with Gasteiger partial charge in [-0.2, -0.15) is 3.97 Å². The number of aromatic nitrogens is 3. The lowest BCUT2D eigenvalue weighted by Crippen LogP contribution is -2.41. The normalized spacial score (nSPS) is 12.9. The van der Waals surface area contributed by atoms with Crippen LogP contribution < -0.4 is 9.30 Å². The van der Waals surface area contributed by atoms with E-state index in [1.165, 1.54) is 5.69 Å². The summed E-state index contributed by atoms with van der Waals surface area (Å²) in [7, 11) is 1.66. The van der Waals surface area contributed by atoms with E-state index in [4.69, 9.17) is 30.8 Å². The standard InChI is InChI=1S/C19H21ClN3O3S/c1-13-17-12-27-23-16-4-3-14(20)11-15(16)21-19(23)22(17)6-5-18(13)26-10-9-25-8-7-24-2/h3-6,11H,7-10,12H2,1-2H3/q+1. The molecule has 0 fully saturated rings. The van der Waals surface area contributed by atoms with Crippen LogP contribution in [0.15, 0.2) is 30.5 Å². The summed E-state index contributed by atoms with van der Waals surface area (Å²) in [6.45, 7) is 4.31. The summed E-state index contributed by atoms with van der Waals surface area (Å²) in [5, 5.41) is 0.695. The van der Waals surface area contributed by atoms with Gasteiger partial charge in [0, 0.05) is 41.8 Å². The molecule has 1 aliphatic heterocycles. The molecular weight excluding hydrogens is 386 g/mol. The lowest BCUT2D eigenvalue weighted by molar-refractivity contribution is -0.612. The maximum absolute atomic E-state index is 6.12. The topological polar surface area (TPSA) is 49.4 Å². The van der Waals surface area contributed by atoms with E-state index in [9.17, 15) is 0 Å². The monoisotopic (exact) mass is 406 g/mol. The van der Waals surface area contributed by atoms with Crippen LogP contribution in [0.5, 0.6) is 5.75 Å². The van der Waals surface area contributed by atoms with Crippen molar-refractivity contribution in [3.8, 4) is 11.7 Å². The summed E-state index contributed by atoms with van der Waals surface area (Å²) in [6.07, 6.45) is 2.02. The molecule has 6 nitrogen and oxygen atoms in total. The van der Waals surface area contributed by atoms with Crippen molar-refractivity contribution in [1.29, 1.82) is 0 Å². The second kappa shape index (κ2) is 8.06. The van der Waals surface area contributed by atoms with Crippen molar-refractivity contribution in [2.45, 2.75) is 12.7 Å². The highest BCUT2D eigenvalue weighted by Gasteiger charge is 2.31. The average molecular weight is 407 g/mol. The highest BCUT2D eigenvalue weighted by molar-refractivity contribution is 7.97. The number of rotatable bonds is 7. The fourth-order valence-electron chi connectivity index (χ4n) is 3.08. The van der Waals surface area contributed by atoms with Crippen LogP contribution in [0.2, 0.25) is 5.02 Å². The first-order valence-corrected chi connectivity index (χ1v) is 10.1. The second-order valence-corrected chi connectivity index (χ2v) is 7.54. The Labute approximate surface area is 167 Å². The lowest BCUT2D eigenvalue weighted by Gasteiger charge is -2.17. The van der Waals surface area contributed by atoms with Crippen molar-refractivity contribution in [2.75, 3.05) is 33.5 Å². The number of fused-ring (bicyclic) bond motifs is 5. The van der Waals surface area contributed by atoms with Crippen LogP contribution in [0, 0.1) is 6.92 Å². The SMILES string of the molecule is COCCOCCOc1cc[n+]2c(c1C)CSn1c-2nc2cc(Cl)ccc21. The molecular formula is C19H21ClN3O3S+. The molecule has 0 radical (unpaired) electrons. The van der Waals surface area contributed by atoms with Gasteiger partial charge in [-0.1, -0.05) is 16.6 Å². The highest BCUT2D eigenvalue weighted by atomic mass is 35.5. The Hall–Kier alpha value is -1.80. The van der Waals surface area contributed by atoms with E-state index in [1.54, 1.807) is 19.1 Å². The van der Waals surface area contributed by atoms with Gasteiger partial charge in [0.15, 0.2) is 11.0 Å². The van der Waals surface area contributed by atoms with E-state index in [2.05, 4.69) is 15.5 Å². The summed E-state index contributed by atoms with van der Waals surface area (Å²) in [5.74, 6) is 2.61. The third-order valence-electron chi connectivity index (χ3n) is 4.49. The number of halogens is 1. The molecule has 0 aliphatic carbocycles. The third-order valence-corrected chi connectivity index (χ3v) is 5.75. The highest BCUT2D eigenvalue weighted by Crippen LogP contribution is 2.32. The van der Waals surface area contributed by atoms with E-state index in [-0.39, 0.29) is 0 Å². The Bertz CT molecular complexity index is 976. The lowest BCUT2D eigenvalue weighted by atomic mass is 10.2. The minimum Gasteiger partial charge on any atom is -0.491 e. The number of methoxy groups -OCH3 is 1. The van der Waals surface area contributed by atoms with Crippen molar-refractivity contribution < 1.29 is 18.8 Å². The second-order valence-electron chi connectivity index (χ2n) is 6.19. The Morgan fingerprint density at radius 3 is 2.93 bits per heavy atom. The number of ether oxygens (including phenoxy) is 3. The van der Waals surface area contributed by atoms with Gasteiger partial charge in [-0.3, -0.25) is 0 Å². The number of benzene rings is 1. The molecule has 3 heterocycles. The molecule has 3 aromatic rings. The van der Waals surface area contributed by atoms with Gasteiger partial charge in [0.05, 0.1) is 31.8 Å². The van der Waals surface area contributed by atoms with Gasteiger partial charge >= 0.3 is 5.95 Å². The van der Waals surface area contributed by atoms with Crippen LogP contribution in [0.4, 0.5) is 0 Å². The van der Waals surface area contributed by atoms with Crippen LogP contribution >= 0.6 is 23.5 Å². The smallest absolute Gasteiger partial charge is 0.415 e. The fraction of sp³-hybridized carbons (Fsp3) is 0.368. The number of imidazole rings is 1. The van der Waals surface area contributed by atoms with Crippen LogP contribution in [-0.2, 0) is 15.2 Å². The van der Waals surface area contributed by atoms with E-state index < -0.39 is 0 Å². The first-order valence-electron chi connectivity index (χ1n) is 8.74. The predicted octanol–water partition coefficient (Wildman–Crippen LogP) is 3.33. The summed E-state index contributed by atoms with van der Waals surface area (Å²) in [5.41, 5.74) is 4.28. The quantitative estimate of drug-likeness (QED) is 0.445. The Balaban J connectivity index is 1.56. The Morgan fingerprint density at radius 1 is 1.22 bits per heavy atom. The molecule has 0 saturated carbocycles. The van der Waals surface area contributed by atoms with Crippen LogP contribution in [0.3, 0.4) is 0 Å². The molecule has 0 N–H and O–H groups in total. The summed E-state index contributed by atoms with van der Waals surface area (Å²) >= 11 is 7.85. The van der Waals surface area contributed by atoms with Crippen molar-refractivity contribution in [1.82, 2.24) is 8.96 Å². The zero-order valence-electron chi connectivity index (χ0n) is 15.3. The molecule has 2 aromatic heterocycles. The maximum Gasteiger partial charge on any atom is 0.415 e. The number of pyridine rings is 1. The Kier molecular flexibility index (Phi) is 5.54. The number of hydrogen-bond acceptors (Lipinski definition) is 5. The van der Waals surface area contributed by atoms with E-state index in [1.807, 2.05) is 30.5 Å². The molecule has 0 saturated heterocycles. The molecule has 142 valence electrons. The van der Waals surface area contributed by atoms with Crippen LogP contribution in [0.25, 0.3) is 17.0 Å². The first-order chi connectivity index (χ1) is 13.2. The molecule has 0 unspecified atom stereocenters. The first kappa shape index (κ1) is 18.6. The number of nitrogens with zero attached hydrogens (tertiary/aromatic N) is 3. The zero-order chi connectivity index (χ0) is 18.8. The van der Waals surface area contributed by atoms with Gasteiger partial charge in [-0.05, 0) is 19.1 Å². The van der Waals surface area contributed by atoms with Gasteiger partial charge < -0.3 is 14.2 Å². The van der Waals surface area contributed by atoms with Crippen molar-refractivity contribution in [3.63, 3.8) is 0 Å². The largest absolute Gasteiger partial charge is 0.491 e. The molecule has 1 aliphatic rings. The van der Waals surface area contributed by atoms with Crippen LogP contribution in [-0.4, -0.2) is 42.5 Å². The molecule has 0 spiro atoms. The van der Waals surface area contributed by atoms with Gasteiger partial charge in [-0.15, -0.1) is 0 Å². The molecule has 8 heteroatoms. The van der Waals surface area contributed by atoms with Gasteiger partial charge in [0.2, 0.25) is 0 Å². The minimum absolute atomic E-state index is 0.512. The Morgan fingerprint density at radius 2 is 2.07 bits per heavy atom. The predicted molar refractivity (Wildman–Crippen MR) is 106 cm³/mol. The summed E-state index contributed by atoms with van der Waals surface area (Å²) in [6, 6.07) is 7.80. The van der Waals surface area contributed by atoms with E-state index in [0.29, 0.717) is 31.5 Å². The third kappa shape index (κ3) is 3.65. The van der Waals surface area contributed by atoms with Crippen LogP contribution in [0.1, 0.15) is 11.3 Å². The number of hydrogen-bond donors (Lipinski definition) is 0. The minimum atomic E-state index is 0.512. The molecule has 0 atom stereocenters. The summed E-state index contributed by atoms with van der Waals surface area (Å²) < 4.78 is 20.6. The van der Waals surface area contributed by atoms with Gasteiger partial charge in [-0.25, -0.2) is 4.57 Å². The average Bonchev–Trinajstić information content (AvgIpc) is 3.04. The molecule has 0 amide bonds. The van der Waals surface area contributed by atoms with E-state index >= 15 is 0 Å². The molecule has 0 bridgehead atoms. The van der Waals surface area contributed by atoms with Gasteiger partial charge in [0.25, 0.3) is 0 Å². The molecule has 1 aromatic carbocycles. The fourth-order valence-corrected chi connectivity index (χ4v) is 4.39. The van der Waals surface area contributed by atoms with Crippen molar-refractivity contribution in [2.24, 2.45) is 0 Å². The molecule has 4 rings (SSSR count). The molecule has 27 heavy (non-hydrogen) atoms. The maximum atomic E-state index is 6.12. The van der Waals surface area contributed by atoms with Gasteiger partial charge in [0.1, 0.15) is 18.1 Å². The van der Waals surface area contributed by atoms with Crippen molar-refractivity contribution >= 4 is 34.6 Å². The van der Waals surface area contributed by atoms with E-state index in [0.717, 1.165) is 34.0 Å². The zero-order valence-corrected chi connectivity index (χ0v) is 16.8. The van der Waals surface area contributed by atoms with Crippen molar-refractivity contribution in [3.05, 3.63) is 46.7 Å². The summed E-state index contributed by atoms with van der Waals surface area (Å²) in [4.78, 5) is 4.78.